The lowest BCUT2D eigenvalue weighted by atomic mass is 10.2. The zero-order valence-corrected chi connectivity index (χ0v) is 15.6. The van der Waals surface area contributed by atoms with Crippen molar-refractivity contribution >= 4 is 40.9 Å². The van der Waals surface area contributed by atoms with Crippen LogP contribution in [-0.4, -0.2) is 24.3 Å². The van der Waals surface area contributed by atoms with E-state index in [0.717, 1.165) is 16.5 Å². The number of benzene rings is 2. The average molecular weight is 384 g/mol. The van der Waals surface area contributed by atoms with Gasteiger partial charge in [-0.05, 0) is 48.9 Å². The Morgan fingerprint density at radius 2 is 1.92 bits per heavy atom. The van der Waals surface area contributed by atoms with E-state index in [9.17, 15) is 4.79 Å². The van der Waals surface area contributed by atoms with Gasteiger partial charge >= 0.3 is 0 Å². The molecule has 0 saturated carbocycles. The van der Waals surface area contributed by atoms with Crippen LogP contribution >= 0.6 is 35.0 Å². The van der Waals surface area contributed by atoms with Crippen molar-refractivity contribution in [3.63, 3.8) is 0 Å². The number of hydrogen-bond acceptors (Lipinski definition) is 3. The van der Waals surface area contributed by atoms with Crippen LogP contribution in [0.4, 0.5) is 0 Å². The van der Waals surface area contributed by atoms with Crippen molar-refractivity contribution in [2.24, 2.45) is 0 Å². The Balaban J connectivity index is 1.64. The van der Waals surface area contributed by atoms with Crippen LogP contribution in [0.25, 0.3) is 0 Å². The third-order valence-corrected chi connectivity index (χ3v) is 4.72. The fraction of sp³-hybridized carbons (Fsp3) is 0.278. The minimum atomic E-state index is -0.552. The summed E-state index contributed by atoms with van der Waals surface area (Å²) in [7, 11) is 0. The zero-order chi connectivity index (χ0) is 17.4. The van der Waals surface area contributed by atoms with Crippen LogP contribution in [0.5, 0.6) is 5.75 Å². The van der Waals surface area contributed by atoms with E-state index in [1.165, 1.54) is 5.56 Å². The third kappa shape index (κ3) is 6.63. The van der Waals surface area contributed by atoms with Gasteiger partial charge in [0.15, 0.2) is 6.10 Å². The van der Waals surface area contributed by atoms with Crippen molar-refractivity contribution in [1.29, 1.82) is 0 Å². The van der Waals surface area contributed by atoms with Gasteiger partial charge in [0.1, 0.15) is 5.75 Å². The van der Waals surface area contributed by atoms with Crippen LogP contribution in [-0.2, 0) is 10.5 Å². The second-order valence-corrected chi connectivity index (χ2v) is 7.17. The van der Waals surface area contributed by atoms with E-state index < -0.39 is 6.10 Å². The fourth-order valence-electron chi connectivity index (χ4n) is 1.98. The monoisotopic (exact) mass is 383 g/mol. The molecule has 0 fully saturated rings. The van der Waals surface area contributed by atoms with E-state index in [1.807, 2.05) is 24.3 Å². The molecule has 1 N–H and O–H groups in total. The number of rotatable bonds is 8. The Hall–Kier alpha value is -1.36. The maximum Gasteiger partial charge on any atom is 0.260 e. The smallest absolute Gasteiger partial charge is 0.260 e. The Labute approximate surface area is 156 Å². The summed E-state index contributed by atoms with van der Waals surface area (Å²) in [5.41, 5.74) is 1.18. The molecule has 0 bridgehead atoms. The maximum atomic E-state index is 12.0. The number of thioether (sulfide) groups is 1. The van der Waals surface area contributed by atoms with Gasteiger partial charge < -0.3 is 10.1 Å². The summed E-state index contributed by atoms with van der Waals surface area (Å²) in [5.74, 6) is 2.19. The van der Waals surface area contributed by atoms with Crippen molar-refractivity contribution in [3.05, 3.63) is 64.1 Å². The molecule has 2 aromatic rings. The summed E-state index contributed by atoms with van der Waals surface area (Å²) in [5, 5.41) is 4.26. The summed E-state index contributed by atoms with van der Waals surface area (Å²) in [6.45, 7) is 2.32. The molecule has 0 aliphatic rings. The van der Waals surface area contributed by atoms with Crippen LogP contribution in [0.1, 0.15) is 12.5 Å². The highest BCUT2D eigenvalue weighted by Gasteiger charge is 2.13. The van der Waals surface area contributed by atoms with Gasteiger partial charge in [-0.2, -0.15) is 11.8 Å². The van der Waals surface area contributed by atoms with Crippen molar-refractivity contribution in [1.82, 2.24) is 5.32 Å². The van der Waals surface area contributed by atoms with E-state index in [2.05, 4.69) is 5.32 Å². The average Bonchev–Trinajstić information content (AvgIpc) is 2.56. The van der Waals surface area contributed by atoms with Crippen LogP contribution in [0.3, 0.4) is 0 Å². The van der Waals surface area contributed by atoms with E-state index in [1.54, 1.807) is 43.0 Å². The standard InChI is InChI=1S/C18H19Cl2NO2S/c1-13(23-17-7-5-15(19)6-8-17)18(22)21-9-10-24-12-14-3-2-4-16(20)11-14/h2-8,11,13H,9-10,12H2,1H3,(H,21,22)/t13-/m1/s1. The van der Waals surface area contributed by atoms with Crippen molar-refractivity contribution in [3.8, 4) is 5.75 Å². The molecule has 6 heteroatoms. The molecule has 0 aliphatic carbocycles. The van der Waals surface area contributed by atoms with E-state index in [4.69, 9.17) is 27.9 Å². The lowest BCUT2D eigenvalue weighted by Crippen LogP contribution is -2.37. The zero-order valence-electron chi connectivity index (χ0n) is 13.3. The quantitative estimate of drug-likeness (QED) is 0.664. The number of ether oxygens (including phenoxy) is 1. The predicted molar refractivity (Wildman–Crippen MR) is 102 cm³/mol. The fourth-order valence-corrected chi connectivity index (χ4v) is 3.12. The molecule has 0 spiro atoms. The minimum Gasteiger partial charge on any atom is -0.481 e. The summed E-state index contributed by atoms with van der Waals surface area (Å²) >= 11 is 13.5. The normalized spacial score (nSPS) is 11.8. The number of halogens is 2. The van der Waals surface area contributed by atoms with Crippen molar-refractivity contribution < 1.29 is 9.53 Å². The highest BCUT2D eigenvalue weighted by molar-refractivity contribution is 7.98. The molecule has 0 heterocycles. The van der Waals surface area contributed by atoms with Gasteiger partial charge in [-0.15, -0.1) is 0 Å². The molecule has 0 aliphatic heterocycles. The third-order valence-electron chi connectivity index (χ3n) is 3.20. The van der Waals surface area contributed by atoms with Gasteiger partial charge in [-0.3, -0.25) is 4.79 Å². The molecule has 128 valence electrons. The van der Waals surface area contributed by atoms with E-state index >= 15 is 0 Å². The van der Waals surface area contributed by atoms with Crippen molar-refractivity contribution in [2.75, 3.05) is 12.3 Å². The molecule has 0 saturated heterocycles. The maximum absolute atomic E-state index is 12.0. The van der Waals surface area contributed by atoms with Gasteiger partial charge in [0.25, 0.3) is 5.91 Å². The van der Waals surface area contributed by atoms with Crippen LogP contribution in [0, 0.1) is 0 Å². The molecule has 0 unspecified atom stereocenters. The predicted octanol–water partition coefficient (Wildman–Crippen LogP) is 4.81. The summed E-state index contributed by atoms with van der Waals surface area (Å²) in [4.78, 5) is 12.0. The molecule has 1 amide bonds. The summed E-state index contributed by atoms with van der Waals surface area (Å²) in [6, 6.07) is 14.7. The molecule has 2 aromatic carbocycles. The molecule has 2 rings (SSSR count). The first-order chi connectivity index (χ1) is 11.5. The molecule has 24 heavy (non-hydrogen) atoms. The minimum absolute atomic E-state index is 0.131. The number of nitrogens with one attached hydrogen (secondary N) is 1. The first-order valence-electron chi connectivity index (χ1n) is 7.57. The molecule has 3 nitrogen and oxygen atoms in total. The number of carbonyl (C=O) groups is 1. The highest BCUT2D eigenvalue weighted by atomic mass is 35.5. The largest absolute Gasteiger partial charge is 0.481 e. The van der Waals surface area contributed by atoms with Gasteiger partial charge in [-0.25, -0.2) is 0 Å². The molecule has 0 radical (unpaired) electrons. The number of amides is 1. The second kappa shape index (κ2) is 9.82. The van der Waals surface area contributed by atoms with Gasteiger partial charge in [0.2, 0.25) is 0 Å². The lowest BCUT2D eigenvalue weighted by Gasteiger charge is -2.14. The highest BCUT2D eigenvalue weighted by Crippen LogP contribution is 2.17. The number of carbonyl (C=O) groups excluding carboxylic acids is 1. The van der Waals surface area contributed by atoms with Crippen LogP contribution in [0.15, 0.2) is 48.5 Å². The molecular weight excluding hydrogens is 365 g/mol. The SMILES string of the molecule is C[C@@H](Oc1ccc(Cl)cc1)C(=O)NCCSCc1cccc(Cl)c1. The van der Waals surface area contributed by atoms with Gasteiger partial charge in [0.05, 0.1) is 0 Å². The van der Waals surface area contributed by atoms with E-state index in [0.29, 0.717) is 17.3 Å². The topological polar surface area (TPSA) is 38.3 Å². The first-order valence-corrected chi connectivity index (χ1v) is 9.48. The molecule has 0 aromatic heterocycles. The second-order valence-electron chi connectivity index (χ2n) is 5.19. The van der Waals surface area contributed by atoms with Gasteiger partial charge in [-0.1, -0.05) is 35.3 Å². The Morgan fingerprint density at radius 3 is 2.62 bits per heavy atom. The summed E-state index contributed by atoms with van der Waals surface area (Å²) in [6.07, 6.45) is -0.552. The molecule has 1 atom stereocenters. The lowest BCUT2D eigenvalue weighted by molar-refractivity contribution is -0.127. The Bertz CT molecular complexity index is 664. The van der Waals surface area contributed by atoms with Crippen LogP contribution in [0.2, 0.25) is 10.0 Å². The Morgan fingerprint density at radius 1 is 1.17 bits per heavy atom. The van der Waals surface area contributed by atoms with E-state index in [-0.39, 0.29) is 5.91 Å². The Kier molecular flexibility index (Phi) is 7.76. The van der Waals surface area contributed by atoms with Gasteiger partial charge in [0, 0.05) is 28.1 Å². The van der Waals surface area contributed by atoms with Crippen LogP contribution < -0.4 is 10.1 Å². The summed E-state index contributed by atoms with van der Waals surface area (Å²) < 4.78 is 5.58. The molecular formula is C18H19Cl2NO2S. The van der Waals surface area contributed by atoms with Crippen molar-refractivity contribution in [2.45, 2.75) is 18.8 Å². The number of hydrogen-bond donors (Lipinski definition) is 1. The first kappa shape index (κ1) is 19.0.